The normalized spacial score (nSPS) is 16.6. The van der Waals surface area contributed by atoms with E-state index in [0.717, 1.165) is 5.56 Å². The van der Waals surface area contributed by atoms with E-state index in [0.29, 0.717) is 13.0 Å². The Morgan fingerprint density at radius 3 is 2.16 bits per heavy atom. The SMILES string of the molecule is CC(C)CC(NC(=O)[C@@H](NC(=O)OCc1ccncc1)C(C)(C)C)C(=O)NC(CC1CCNC1=O)C(=O)C(=O)c1ccccc1. The van der Waals surface area contributed by atoms with Crippen LogP contribution in [0.1, 0.15) is 69.8 Å². The first-order chi connectivity index (χ1) is 21.3. The summed E-state index contributed by atoms with van der Waals surface area (Å²) in [7, 11) is 0. The van der Waals surface area contributed by atoms with Gasteiger partial charge in [0.15, 0.2) is 0 Å². The number of amides is 4. The molecule has 4 atom stereocenters. The lowest BCUT2D eigenvalue weighted by Crippen LogP contribution is -2.59. The van der Waals surface area contributed by atoms with E-state index in [9.17, 15) is 28.8 Å². The van der Waals surface area contributed by atoms with Crippen LogP contribution < -0.4 is 21.3 Å². The quantitative estimate of drug-likeness (QED) is 0.184. The zero-order valence-corrected chi connectivity index (χ0v) is 26.4. The van der Waals surface area contributed by atoms with Gasteiger partial charge in [0.1, 0.15) is 18.7 Å². The molecule has 2 aromatic rings. The minimum Gasteiger partial charge on any atom is -0.445 e. The van der Waals surface area contributed by atoms with Gasteiger partial charge in [-0.05, 0) is 48.3 Å². The van der Waals surface area contributed by atoms with E-state index in [1.54, 1.807) is 63.5 Å². The van der Waals surface area contributed by atoms with Crippen LogP contribution in [0, 0.1) is 17.3 Å². The lowest BCUT2D eigenvalue weighted by atomic mass is 9.86. The standard InChI is InChI=1S/C33H43N5O7/c1-20(2)17-25(37-31(43)28(33(3,4)5)38-32(44)45-19-21-11-14-34-15-12-21)30(42)36-24(18-23-13-16-35-29(23)41)27(40)26(39)22-9-7-6-8-10-22/h6-12,14-15,20,23-25,28H,13,16-19H2,1-5H3,(H,35,41)(H,36,42)(H,37,43)(H,38,44)/t23?,24?,25?,28-/m1/s1. The summed E-state index contributed by atoms with van der Waals surface area (Å²) >= 11 is 0. The second-order valence-electron chi connectivity index (χ2n) is 12.7. The maximum atomic E-state index is 13.7. The van der Waals surface area contributed by atoms with Gasteiger partial charge in [-0.15, -0.1) is 0 Å². The number of hydrogen-bond acceptors (Lipinski definition) is 8. The molecule has 0 bridgehead atoms. The molecule has 45 heavy (non-hydrogen) atoms. The Morgan fingerprint density at radius 1 is 0.933 bits per heavy atom. The van der Waals surface area contributed by atoms with E-state index in [2.05, 4.69) is 26.3 Å². The fraction of sp³-hybridized carbons (Fsp3) is 0.485. The van der Waals surface area contributed by atoms with Gasteiger partial charge in [0.25, 0.3) is 0 Å². The highest BCUT2D eigenvalue weighted by atomic mass is 16.5. The molecule has 1 aromatic carbocycles. The largest absolute Gasteiger partial charge is 0.445 e. The summed E-state index contributed by atoms with van der Waals surface area (Å²) in [6, 6.07) is 7.90. The molecule has 1 fully saturated rings. The number of nitrogens with zero attached hydrogens (tertiary/aromatic N) is 1. The number of carbonyl (C=O) groups is 6. The topological polar surface area (TPSA) is 173 Å². The second kappa shape index (κ2) is 15.9. The molecule has 2 heterocycles. The minimum absolute atomic E-state index is 0.0264. The van der Waals surface area contributed by atoms with Crippen LogP contribution >= 0.6 is 0 Å². The predicted molar refractivity (Wildman–Crippen MR) is 166 cm³/mol. The molecule has 0 saturated carbocycles. The van der Waals surface area contributed by atoms with Gasteiger partial charge in [-0.25, -0.2) is 4.79 Å². The molecule has 12 nitrogen and oxygen atoms in total. The van der Waals surface area contributed by atoms with E-state index in [4.69, 9.17) is 4.74 Å². The van der Waals surface area contributed by atoms with E-state index in [-0.39, 0.29) is 36.8 Å². The highest BCUT2D eigenvalue weighted by Crippen LogP contribution is 2.21. The number of rotatable bonds is 14. The average Bonchev–Trinajstić information content (AvgIpc) is 3.41. The average molecular weight is 622 g/mol. The van der Waals surface area contributed by atoms with E-state index in [1.165, 1.54) is 12.1 Å². The van der Waals surface area contributed by atoms with Crippen molar-refractivity contribution in [3.8, 4) is 0 Å². The maximum Gasteiger partial charge on any atom is 0.408 e. The molecule has 0 spiro atoms. The van der Waals surface area contributed by atoms with Crippen LogP contribution in [0.3, 0.4) is 0 Å². The number of nitrogens with one attached hydrogen (secondary N) is 4. The summed E-state index contributed by atoms with van der Waals surface area (Å²) in [4.78, 5) is 82.7. The van der Waals surface area contributed by atoms with Crippen LogP contribution in [0.5, 0.6) is 0 Å². The zero-order chi connectivity index (χ0) is 33.1. The fourth-order valence-corrected chi connectivity index (χ4v) is 4.97. The molecule has 1 aliphatic heterocycles. The summed E-state index contributed by atoms with van der Waals surface area (Å²) < 4.78 is 5.29. The minimum atomic E-state index is -1.29. The molecule has 242 valence electrons. The van der Waals surface area contributed by atoms with Gasteiger partial charge in [-0.2, -0.15) is 0 Å². The van der Waals surface area contributed by atoms with Gasteiger partial charge in [0.2, 0.25) is 29.3 Å². The van der Waals surface area contributed by atoms with E-state index >= 15 is 0 Å². The molecule has 3 rings (SSSR count). The van der Waals surface area contributed by atoms with Crippen LogP contribution in [0.4, 0.5) is 4.79 Å². The van der Waals surface area contributed by atoms with Gasteiger partial charge in [0.05, 0.1) is 6.04 Å². The molecular formula is C33H43N5O7. The molecule has 1 aromatic heterocycles. The number of aromatic nitrogens is 1. The number of alkyl carbamates (subject to hydrolysis) is 1. The van der Waals surface area contributed by atoms with Crippen LogP contribution in [0.2, 0.25) is 0 Å². The number of pyridine rings is 1. The van der Waals surface area contributed by atoms with Gasteiger partial charge < -0.3 is 26.0 Å². The molecule has 1 aliphatic rings. The molecular weight excluding hydrogens is 578 g/mol. The number of Topliss-reactive ketones (excluding diaryl/α,β-unsaturated/α-hetero) is 2. The summed E-state index contributed by atoms with van der Waals surface area (Å²) in [5.41, 5.74) is 0.116. The summed E-state index contributed by atoms with van der Waals surface area (Å²) in [6.45, 7) is 9.42. The first-order valence-corrected chi connectivity index (χ1v) is 15.1. The van der Waals surface area contributed by atoms with Crippen molar-refractivity contribution >= 4 is 35.4 Å². The Kier molecular flexibility index (Phi) is 12.3. The van der Waals surface area contributed by atoms with Crippen LogP contribution in [-0.4, -0.2) is 65.0 Å². The van der Waals surface area contributed by atoms with Crippen molar-refractivity contribution in [3.63, 3.8) is 0 Å². The lowest BCUT2D eigenvalue weighted by molar-refractivity contribution is -0.133. The van der Waals surface area contributed by atoms with E-state index in [1.807, 2.05) is 13.8 Å². The Morgan fingerprint density at radius 2 is 1.58 bits per heavy atom. The van der Waals surface area contributed by atoms with Gasteiger partial charge in [0, 0.05) is 30.4 Å². The Hall–Kier alpha value is -4.61. The number of benzene rings is 1. The third kappa shape index (κ3) is 10.5. The predicted octanol–water partition coefficient (Wildman–Crippen LogP) is 2.72. The van der Waals surface area contributed by atoms with Gasteiger partial charge >= 0.3 is 6.09 Å². The van der Waals surface area contributed by atoms with Crippen molar-refractivity contribution in [2.24, 2.45) is 17.3 Å². The monoisotopic (exact) mass is 621 g/mol. The fourth-order valence-electron chi connectivity index (χ4n) is 4.97. The first kappa shape index (κ1) is 34.9. The van der Waals surface area contributed by atoms with Gasteiger partial charge in [-0.3, -0.25) is 29.0 Å². The summed E-state index contributed by atoms with van der Waals surface area (Å²) in [6.07, 6.45) is 2.93. The highest BCUT2D eigenvalue weighted by Gasteiger charge is 2.38. The molecule has 12 heteroatoms. The van der Waals surface area contributed by atoms with Crippen molar-refractivity contribution in [3.05, 3.63) is 66.0 Å². The van der Waals surface area contributed by atoms with Crippen LogP contribution in [0.25, 0.3) is 0 Å². The number of ketones is 2. The number of hydrogen-bond donors (Lipinski definition) is 4. The zero-order valence-electron chi connectivity index (χ0n) is 26.4. The summed E-state index contributed by atoms with van der Waals surface area (Å²) in [5, 5.41) is 10.7. The molecule has 3 unspecified atom stereocenters. The third-order valence-electron chi connectivity index (χ3n) is 7.43. The first-order valence-electron chi connectivity index (χ1n) is 15.1. The van der Waals surface area contributed by atoms with Crippen LogP contribution in [0.15, 0.2) is 54.9 Å². The molecule has 4 amide bonds. The summed E-state index contributed by atoms with van der Waals surface area (Å²) in [5.74, 6) is -3.80. The van der Waals surface area contributed by atoms with Crippen molar-refractivity contribution in [1.29, 1.82) is 0 Å². The Labute approximate surface area is 263 Å². The molecule has 0 radical (unpaired) electrons. The van der Waals surface area contributed by atoms with Gasteiger partial charge in [-0.1, -0.05) is 65.0 Å². The number of carbonyl (C=O) groups excluding carboxylic acids is 6. The van der Waals surface area contributed by atoms with Crippen molar-refractivity contribution in [2.75, 3.05) is 6.54 Å². The molecule has 0 aliphatic carbocycles. The molecule has 1 saturated heterocycles. The van der Waals surface area contributed by atoms with Crippen molar-refractivity contribution < 1.29 is 33.5 Å². The third-order valence-corrected chi connectivity index (χ3v) is 7.43. The van der Waals surface area contributed by atoms with Crippen LogP contribution in [-0.2, 0) is 30.5 Å². The lowest BCUT2D eigenvalue weighted by Gasteiger charge is -2.32. The second-order valence-corrected chi connectivity index (χ2v) is 12.7. The Bertz CT molecular complexity index is 1360. The maximum absolute atomic E-state index is 13.7. The van der Waals surface area contributed by atoms with Crippen molar-refractivity contribution in [1.82, 2.24) is 26.3 Å². The molecule has 4 N–H and O–H groups in total. The Balaban J connectivity index is 1.77. The van der Waals surface area contributed by atoms with Crippen molar-refractivity contribution in [2.45, 2.75) is 78.6 Å². The smallest absolute Gasteiger partial charge is 0.408 e. The van der Waals surface area contributed by atoms with E-state index < -0.39 is 58.9 Å². The number of ether oxygens (including phenoxy) is 1. The highest BCUT2D eigenvalue weighted by molar-refractivity contribution is 6.45.